The van der Waals surface area contributed by atoms with Crippen LogP contribution in [0.4, 0.5) is 13.2 Å². The second-order valence-corrected chi connectivity index (χ2v) is 4.44. The molecule has 1 aromatic heterocycles. The first-order valence-corrected chi connectivity index (χ1v) is 5.74. The van der Waals surface area contributed by atoms with E-state index in [0.717, 1.165) is 12.1 Å². The highest BCUT2D eigenvalue weighted by Gasteiger charge is 2.30. The smallest absolute Gasteiger partial charge is 0.299 e. The zero-order chi connectivity index (χ0) is 14.2. The number of aryl methyl sites for hydroxylation is 1. The molecule has 0 aliphatic heterocycles. The van der Waals surface area contributed by atoms with Gasteiger partial charge in [-0.25, -0.2) is 4.68 Å². The van der Waals surface area contributed by atoms with E-state index in [9.17, 15) is 18.0 Å². The number of nitrogens with zero attached hydrogens (tertiary/aromatic N) is 1. The quantitative estimate of drug-likeness (QED) is 0.894. The molecule has 0 fully saturated rings. The molecule has 19 heavy (non-hydrogen) atoms. The first kappa shape index (κ1) is 13.5. The van der Waals surface area contributed by atoms with E-state index in [1.165, 1.54) is 22.9 Å². The maximum Gasteiger partial charge on any atom is 0.416 e. The van der Waals surface area contributed by atoms with Gasteiger partial charge in [-0.2, -0.15) is 13.2 Å². The van der Waals surface area contributed by atoms with Crippen LogP contribution in [0.2, 0.25) is 0 Å². The highest BCUT2D eigenvalue weighted by atomic mass is 19.4. The van der Waals surface area contributed by atoms with Crippen LogP contribution in [0.3, 0.4) is 0 Å². The van der Waals surface area contributed by atoms with Crippen LogP contribution in [0.25, 0.3) is 0 Å². The van der Waals surface area contributed by atoms with Gasteiger partial charge in [-0.05, 0) is 31.5 Å². The fraction of sp³-hybridized carbons (Fsp3) is 0.308. The summed E-state index contributed by atoms with van der Waals surface area (Å²) >= 11 is 0. The molecule has 0 aliphatic carbocycles. The molecule has 1 N–H and O–H groups in total. The molecule has 0 amide bonds. The lowest BCUT2D eigenvalue weighted by atomic mass is 10.1. The Hall–Kier alpha value is -1.98. The molecular weight excluding hydrogens is 257 g/mol. The van der Waals surface area contributed by atoms with Crippen molar-refractivity contribution in [3.05, 3.63) is 57.5 Å². The molecule has 3 nitrogen and oxygen atoms in total. The summed E-state index contributed by atoms with van der Waals surface area (Å²) in [5.41, 5.74) is 0.448. The zero-order valence-corrected chi connectivity index (χ0v) is 10.5. The Kier molecular flexibility index (Phi) is 3.26. The molecule has 0 aliphatic rings. The van der Waals surface area contributed by atoms with Crippen LogP contribution in [0, 0.1) is 6.92 Å². The maximum absolute atomic E-state index is 12.4. The van der Waals surface area contributed by atoms with Crippen molar-refractivity contribution < 1.29 is 13.2 Å². The lowest BCUT2D eigenvalue weighted by molar-refractivity contribution is -0.137. The average Bonchev–Trinajstić information content (AvgIpc) is 2.66. The van der Waals surface area contributed by atoms with E-state index in [0.29, 0.717) is 11.3 Å². The van der Waals surface area contributed by atoms with E-state index in [2.05, 4.69) is 5.10 Å². The number of H-pyrrole nitrogens is 1. The minimum absolute atomic E-state index is 0.204. The van der Waals surface area contributed by atoms with Gasteiger partial charge in [0, 0.05) is 11.8 Å². The number of rotatable bonds is 2. The van der Waals surface area contributed by atoms with Crippen LogP contribution >= 0.6 is 0 Å². The number of alkyl halides is 3. The normalized spacial score (nSPS) is 13.5. The van der Waals surface area contributed by atoms with Crippen molar-refractivity contribution in [3.63, 3.8) is 0 Å². The summed E-state index contributed by atoms with van der Waals surface area (Å²) in [5, 5.41) is 2.87. The van der Waals surface area contributed by atoms with Crippen LogP contribution in [0.15, 0.2) is 35.1 Å². The van der Waals surface area contributed by atoms with E-state index in [4.69, 9.17) is 0 Å². The van der Waals surface area contributed by atoms with Gasteiger partial charge in [-0.1, -0.05) is 12.1 Å². The largest absolute Gasteiger partial charge is 0.416 e. The van der Waals surface area contributed by atoms with Gasteiger partial charge in [0.05, 0.1) is 11.6 Å². The molecule has 1 heterocycles. The van der Waals surface area contributed by atoms with Crippen molar-refractivity contribution in [1.82, 2.24) is 9.78 Å². The molecule has 1 aromatic carbocycles. The fourth-order valence-electron chi connectivity index (χ4n) is 1.92. The molecular formula is C13H13F3N2O. The average molecular weight is 270 g/mol. The highest BCUT2D eigenvalue weighted by molar-refractivity contribution is 5.27. The summed E-state index contributed by atoms with van der Waals surface area (Å²) in [6.07, 6.45) is -4.35. The minimum atomic E-state index is -4.35. The standard InChI is InChI=1S/C13H13F3N2O/c1-8-7-12(19)18(17-8)9(2)10-3-5-11(6-4-10)13(14,15)16/h3-7,9,17H,1-2H3. The monoisotopic (exact) mass is 270 g/mol. The van der Waals surface area contributed by atoms with Gasteiger partial charge in [-0.3, -0.25) is 9.89 Å². The Morgan fingerprint density at radius 1 is 1.21 bits per heavy atom. The minimum Gasteiger partial charge on any atom is -0.299 e. The molecule has 2 aromatic rings. The van der Waals surface area contributed by atoms with Gasteiger partial charge >= 0.3 is 6.18 Å². The number of hydrogen-bond donors (Lipinski definition) is 1. The van der Waals surface area contributed by atoms with Crippen molar-refractivity contribution in [2.75, 3.05) is 0 Å². The molecule has 0 bridgehead atoms. The molecule has 0 saturated carbocycles. The topological polar surface area (TPSA) is 37.8 Å². The Bertz CT molecular complexity index is 623. The summed E-state index contributed by atoms with van der Waals surface area (Å²) in [7, 11) is 0. The van der Waals surface area contributed by atoms with Crippen molar-refractivity contribution in [2.45, 2.75) is 26.1 Å². The van der Waals surface area contributed by atoms with E-state index in [1.54, 1.807) is 13.8 Å². The first-order valence-electron chi connectivity index (χ1n) is 5.74. The summed E-state index contributed by atoms with van der Waals surface area (Å²) < 4.78 is 38.7. The maximum atomic E-state index is 12.4. The van der Waals surface area contributed by atoms with E-state index < -0.39 is 11.7 Å². The zero-order valence-electron chi connectivity index (χ0n) is 10.5. The molecule has 102 valence electrons. The first-order chi connectivity index (χ1) is 8.79. The van der Waals surface area contributed by atoms with Crippen LogP contribution in [0.5, 0.6) is 0 Å². The summed E-state index contributed by atoms with van der Waals surface area (Å²) in [6.45, 7) is 3.50. The van der Waals surface area contributed by atoms with Gasteiger partial charge in [0.25, 0.3) is 5.56 Å². The third kappa shape index (κ3) is 2.72. The van der Waals surface area contributed by atoms with Crippen LogP contribution < -0.4 is 5.56 Å². The second kappa shape index (κ2) is 4.60. The number of nitrogens with one attached hydrogen (secondary N) is 1. The van der Waals surface area contributed by atoms with Crippen molar-refractivity contribution in [1.29, 1.82) is 0 Å². The Balaban J connectivity index is 2.33. The van der Waals surface area contributed by atoms with Crippen LogP contribution in [-0.4, -0.2) is 9.78 Å². The predicted molar refractivity (Wildman–Crippen MR) is 65.0 cm³/mol. The Morgan fingerprint density at radius 3 is 2.21 bits per heavy atom. The van der Waals surface area contributed by atoms with E-state index in [-0.39, 0.29) is 11.6 Å². The van der Waals surface area contributed by atoms with Crippen LogP contribution in [0.1, 0.15) is 29.8 Å². The van der Waals surface area contributed by atoms with Gasteiger partial charge in [0.15, 0.2) is 0 Å². The number of hydrogen-bond acceptors (Lipinski definition) is 1. The second-order valence-electron chi connectivity index (χ2n) is 4.44. The third-order valence-corrected chi connectivity index (χ3v) is 2.98. The highest BCUT2D eigenvalue weighted by Crippen LogP contribution is 2.30. The third-order valence-electron chi connectivity index (χ3n) is 2.98. The molecule has 0 radical (unpaired) electrons. The predicted octanol–water partition coefficient (Wildman–Crippen LogP) is 3.11. The van der Waals surface area contributed by atoms with E-state index >= 15 is 0 Å². The Labute approximate surface area is 107 Å². The number of aromatic amines is 1. The van der Waals surface area contributed by atoms with Crippen LogP contribution in [-0.2, 0) is 6.18 Å². The fourth-order valence-corrected chi connectivity index (χ4v) is 1.92. The van der Waals surface area contributed by atoms with Crippen molar-refractivity contribution in [3.8, 4) is 0 Å². The number of aromatic nitrogens is 2. The lowest BCUT2D eigenvalue weighted by Gasteiger charge is -2.14. The number of halogens is 3. The molecule has 6 heteroatoms. The van der Waals surface area contributed by atoms with Gasteiger partial charge in [0.1, 0.15) is 0 Å². The molecule has 1 unspecified atom stereocenters. The summed E-state index contributed by atoms with van der Waals surface area (Å²) in [6, 6.07) is 5.91. The molecule has 2 rings (SSSR count). The van der Waals surface area contributed by atoms with Crippen molar-refractivity contribution >= 4 is 0 Å². The molecule has 0 spiro atoms. The number of benzene rings is 1. The van der Waals surface area contributed by atoms with Gasteiger partial charge in [-0.15, -0.1) is 0 Å². The van der Waals surface area contributed by atoms with Gasteiger partial charge in [0.2, 0.25) is 0 Å². The molecule has 1 atom stereocenters. The summed E-state index contributed by atoms with van der Waals surface area (Å²) in [4.78, 5) is 11.6. The summed E-state index contributed by atoms with van der Waals surface area (Å²) in [5.74, 6) is 0. The molecule has 0 saturated heterocycles. The Morgan fingerprint density at radius 2 is 1.79 bits per heavy atom. The van der Waals surface area contributed by atoms with Gasteiger partial charge < -0.3 is 0 Å². The lowest BCUT2D eigenvalue weighted by Crippen LogP contribution is -2.21. The van der Waals surface area contributed by atoms with Crippen molar-refractivity contribution in [2.24, 2.45) is 0 Å². The SMILES string of the molecule is Cc1cc(=O)n(C(C)c2ccc(C(F)(F)F)cc2)[nH]1. The van der Waals surface area contributed by atoms with E-state index in [1.807, 2.05) is 0 Å².